The van der Waals surface area contributed by atoms with E-state index in [1.807, 2.05) is 26.0 Å². The fourth-order valence-electron chi connectivity index (χ4n) is 4.31. The number of urea groups is 1. The molecule has 2 atom stereocenters. The number of benzene rings is 1. The molecule has 2 saturated carbocycles. The van der Waals surface area contributed by atoms with Crippen LogP contribution >= 0.6 is 0 Å². The Morgan fingerprint density at radius 3 is 2.08 bits per heavy atom. The molecule has 2 fully saturated rings. The molecule has 2 unspecified atom stereocenters. The van der Waals surface area contributed by atoms with Gasteiger partial charge in [0.2, 0.25) is 5.91 Å². The van der Waals surface area contributed by atoms with Crippen LogP contribution in [-0.4, -0.2) is 24.0 Å². The summed E-state index contributed by atoms with van der Waals surface area (Å²) < 4.78 is 0. The maximum atomic E-state index is 12.7. The van der Waals surface area contributed by atoms with E-state index >= 15 is 0 Å². The number of fused-ring (bicyclic) bond motifs is 2. The van der Waals surface area contributed by atoms with Crippen LogP contribution < -0.4 is 21.7 Å². The molecule has 5 N–H and O–H groups in total. The lowest BCUT2D eigenvalue weighted by molar-refractivity contribution is -0.122. The van der Waals surface area contributed by atoms with E-state index in [4.69, 9.17) is 5.73 Å². The Morgan fingerprint density at radius 2 is 1.54 bits per heavy atom. The highest BCUT2D eigenvalue weighted by atomic mass is 16.2. The number of carbonyl (C=O) groups excluding carboxylic acids is 2. The molecule has 2 aliphatic carbocycles. The molecule has 0 aromatic heterocycles. The molecule has 26 heavy (non-hydrogen) atoms. The molecule has 1 aromatic carbocycles. The van der Waals surface area contributed by atoms with Gasteiger partial charge in [-0.25, -0.2) is 4.79 Å². The van der Waals surface area contributed by atoms with Crippen molar-refractivity contribution in [2.24, 2.45) is 23.5 Å². The maximum Gasteiger partial charge on any atom is 0.319 e. The summed E-state index contributed by atoms with van der Waals surface area (Å²) in [6.07, 6.45) is 5.35. The van der Waals surface area contributed by atoms with E-state index < -0.39 is 0 Å². The van der Waals surface area contributed by atoms with E-state index in [0.29, 0.717) is 17.5 Å². The Hall–Kier alpha value is -2.08. The van der Waals surface area contributed by atoms with E-state index in [2.05, 4.69) is 16.0 Å². The number of nitrogens with one attached hydrogen (secondary N) is 3. The van der Waals surface area contributed by atoms with Gasteiger partial charge in [-0.2, -0.15) is 0 Å². The highest BCUT2D eigenvalue weighted by molar-refractivity contribution is 5.93. The van der Waals surface area contributed by atoms with Crippen LogP contribution in [0.4, 0.5) is 16.2 Å². The highest BCUT2D eigenvalue weighted by Crippen LogP contribution is 2.42. The SMILES string of the molecule is CC(C)NC(=O)Nc1ccc(NC(=O)C2CC3CCCC(C2)C3N)cc1. The summed E-state index contributed by atoms with van der Waals surface area (Å²) in [4.78, 5) is 24.4. The largest absolute Gasteiger partial charge is 0.336 e. The minimum atomic E-state index is -0.234. The summed E-state index contributed by atoms with van der Waals surface area (Å²) in [5.74, 6) is 1.13. The van der Waals surface area contributed by atoms with Crippen LogP contribution in [0.15, 0.2) is 24.3 Å². The van der Waals surface area contributed by atoms with Gasteiger partial charge in [-0.3, -0.25) is 4.79 Å². The van der Waals surface area contributed by atoms with Crippen molar-refractivity contribution >= 4 is 23.3 Å². The number of nitrogens with two attached hydrogens (primary N) is 1. The van der Waals surface area contributed by atoms with Crippen molar-refractivity contribution < 1.29 is 9.59 Å². The number of rotatable bonds is 4. The summed E-state index contributed by atoms with van der Waals surface area (Å²) in [5.41, 5.74) is 7.76. The fraction of sp³-hybridized carbons (Fsp3) is 0.600. The van der Waals surface area contributed by atoms with Crippen molar-refractivity contribution in [3.8, 4) is 0 Å². The lowest BCUT2D eigenvalue weighted by Crippen LogP contribution is -2.48. The predicted molar refractivity (Wildman–Crippen MR) is 104 cm³/mol. The van der Waals surface area contributed by atoms with Gasteiger partial charge in [0.1, 0.15) is 0 Å². The molecule has 142 valence electrons. The Morgan fingerprint density at radius 1 is 1.00 bits per heavy atom. The number of anilines is 2. The lowest BCUT2D eigenvalue weighted by atomic mass is 9.65. The third kappa shape index (κ3) is 4.55. The second kappa shape index (κ2) is 8.08. The van der Waals surface area contributed by atoms with E-state index in [-0.39, 0.29) is 29.9 Å². The van der Waals surface area contributed by atoms with Crippen LogP contribution in [0.1, 0.15) is 46.0 Å². The maximum absolute atomic E-state index is 12.7. The number of hydrogen-bond donors (Lipinski definition) is 4. The molecular weight excluding hydrogens is 328 g/mol. The summed E-state index contributed by atoms with van der Waals surface area (Å²) in [6.45, 7) is 3.81. The first kappa shape index (κ1) is 18.7. The average Bonchev–Trinajstić information content (AvgIpc) is 2.55. The molecule has 6 heteroatoms. The zero-order valence-corrected chi connectivity index (χ0v) is 15.6. The fourth-order valence-corrected chi connectivity index (χ4v) is 4.31. The van der Waals surface area contributed by atoms with Gasteiger partial charge < -0.3 is 21.7 Å². The van der Waals surface area contributed by atoms with Crippen LogP contribution in [-0.2, 0) is 4.79 Å². The predicted octanol–water partition coefficient (Wildman–Crippen LogP) is 3.31. The van der Waals surface area contributed by atoms with Gasteiger partial charge in [-0.15, -0.1) is 0 Å². The van der Waals surface area contributed by atoms with Crippen LogP contribution in [0, 0.1) is 17.8 Å². The first-order valence-electron chi connectivity index (χ1n) is 9.66. The van der Waals surface area contributed by atoms with Gasteiger partial charge in [0, 0.05) is 29.4 Å². The van der Waals surface area contributed by atoms with Crippen molar-refractivity contribution in [2.75, 3.05) is 10.6 Å². The monoisotopic (exact) mass is 358 g/mol. The zero-order valence-electron chi connectivity index (χ0n) is 15.6. The van der Waals surface area contributed by atoms with Gasteiger partial charge in [0.25, 0.3) is 0 Å². The minimum Gasteiger partial charge on any atom is -0.336 e. The second-order valence-electron chi connectivity index (χ2n) is 8.02. The second-order valence-corrected chi connectivity index (χ2v) is 8.02. The van der Waals surface area contributed by atoms with Gasteiger partial charge in [0.15, 0.2) is 0 Å². The normalized spacial score (nSPS) is 27.7. The quantitative estimate of drug-likeness (QED) is 0.665. The van der Waals surface area contributed by atoms with Crippen LogP contribution in [0.5, 0.6) is 0 Å². The van der Waals surface area contributed by atoms with Crippen molar-refractivity contribution in [1.29, 1.82) is 0 Å². The summed E-state index contributed by atoms with van der Waals surface area (Å²) in [7, 11) is 0. The molecule has 2 bridgehead atoms. The number of carbonyl (C=O) groups is 2. The Bertz CT molecular complexity index is 630. The molecule has 6 nitrogen and oxygen atoms in total. The molecule has 1 aromatic rings. The van der Waals surface area contributed by atoms with E-state index in [1.165, 1.54) is 6.42 Å². The Balaban J connectivity index is 1.54. The molecule has 0 radical (unpaired) electrons. The van der Waals surface area contributed by atoms with Crippen molar-refractivity contribution in [2.45, 2.75) is 58.0 Å². The van der Waals surface area contributed by atoms with Gasteiger partial charge in [-0.05, 0) is 75.6 Å². The molecule has 0 aliphatic heterocycles. The lowest BCUT2D eigenvalue weighted by Gasteiger charge is -2.43. The van der Waals surface area contributed by atoms with Gasteiger partial charge in [-0.1, -0.05) is 6.42 Å². The van der Waals surface area contributed by atoms with E-state index in [1.54, 1.807) is 12.1 Å². The summed E-state index contributed by atoms with van der Waals surface area (Å²) >= 11 is 0. The topological polar surface area (TPSA) is 96.2 Å². The smallest absolute Gasteiger partial charge is 0.319 e. The Labute approximate surface area is 155 Å². The molecule has 2 aliphatic rings. The third-order valence-corrected chi connectivity index (χ3v) is 5.61. The average molecular weight is 358 g/mol. The van der Waals surface area contributed by atoms with Crippen LogP contribution in [0.2, 0.25) is 0 Å². The third-order valence-electron chi connectivity index (χ3n) is 5.61. The molecule has 0 spiro atoms. The minimum absolute atomic E-state index is 0.0553. The number of hydrogen-bond acceptors (Lipinski definition) is 3. The number of amides is 3. The van der Waals surface area contributed by atoms with Gasteiger partial charge in [0.05, 0.1) is 0 Å². The zero-order chi connectivity index (χ0) is 18.7. The Kier molecular flexibility index (Phi) is 5.81. The summed E-state index contributed by atoms with van der Waals surface area (Å²) in [5, 5.41) is 8.57. The standard InChI is InChI=1S/C20H30N4O2/c1-12(2)22-20(26)24-17-8-6-16(7-9-17)23-19(25)15-10-13-4-3-5-14(11-15)18(13)21/h6-9,12-15,18H,3-5,10-11,21H2,1-2H3,(H,23,25)(H2,22,24,26). The van der Waals surface area contributed by atoms with Crippen LogP contribution in [0.25, 0.3) is 0 Å². The van der Waals surface area contributed by atoms with E-state index in [0.717, 1.165) is 31.4 Å². The molecule has 3 amide bonds. The van der Waals surface area contributed by atoms with Crippen molar-refractivity contribution in [3.63, 3.8) is 0 Å². The van der Waals surface area contributed by atoms with E-state index in [9.17, 15) is 9.59 Å². The first-order chi connectivity index (χ1) is 12.4. The molecule has 0 heterocycles. The molecule has 3 rings (SSSR count). The van der Waals surface area contributed by atoms with Crippen LogP contribution in [0.3, 0.4) is 0 Å². The van der Waals surface area contributed by atoms with Gasteiger partial charge >= 0.3 is 6.03 Å². The first-order valence-corrected chi connectivity index (χ1v) is 9.66. The van der Waals surface area contributed by atoms with Crippen molar-refractivity contribution in [3.05, 3.63) is 24.3 Å². The molecule has 0 saturated heterocycles. The summed E-state index contributed by atoms with van der Waals surface area (Å²) in [6, 6.07) is 7.34. The van der Waals surface area contributed by atoms with Crippen molar-refractivity contribution in [1.82, 2.24) is 5.32 Å². The molecular formula is C20H30N4O2. The highest BCUT2D eigenvalue weighted by Gasteiger charge is 2.40.